The molecule has 0 saturated heterocycles. The molecule has 2 aromatic carbocycles. The van der Waals surface area contributed by atoms with Gasteiger partial charge in [0.1, 0.15) is 5.82 Å². The van der Waals surface area contributed by atoms with E-state index in [1.54, 1.807) is 12.1 Å². The third-order valence-electron chi connectivity index (χ3n) is 3.32. The molecule has 0 aromatic heterocycles. The molecule has 25 heavy (non-hydrogen) atoms. The SMILES string of the molecule is COc1ccc(CCNC(=O)c2ccc(Br)cc2F)cc1OC(F)F. The Morgan fingerprint density at radius 3 is 2.60 bits per heavy atom. The molecule has 0 radical (unpaired) electrons. The van der Waals surface area contributed by atoms with Crippen molar-refractivity contribution in [3.63, 3.8) is 0 Å². The minimum absolute atomic E-state index is 0.0698. The summed E-state index contributed by atoms with van der Waals surface area (Å²) in [5, 5.41) is 2.58. The minimum Gasteiger partial charge on any atom is -0.493 e. The Kier molecular flexibility index (Phi) is 6.69. The summed E-state index contributed by atoms with van der Waals surface area (Å²) >= 11 is 3.12. The second kappa shape index (κ2) is 8.75. The van der Waals surface area contributed by atoms with Gasteiger partial charge in [0.25, 0.3) is 5.91 Å². The van der Waals surface area contributed by atoms with E-state index in [1.807, 2.05) is 0 Å². The standard InChI is InChI=1S/C17H15BrF3NO3/c1-24-14-5-2-10(8-15(14)25-17(20)21)6-7-22-16(23)12-4-3-11(18)9-13(12)19/h2-5,8-9,17H,6-7H2,1H3,(H,22,23). The summed E-state index contributed by atoms with van der Waals surface area (Å²) in [4.78, 5) is 12.0. The molecule has 0 aliphatic heterocycles. The minimum atomic E-state index is -2.97. The fraction of sp³-hybridized carbons (Fsp3) is 0.235. The molecule has 0 fully saturated rings. The van der Waals surface area contributed by atoms with Crippen LogP contribution in [0.4, 0.5) is 13.2 Å². The predicted octanol–water partition coefficient (Wildman–Crippen LogP) is 4.17. The van der Waals surface area contributed by atoms with Crippen molar-refractivity contribution in [2.75, 3.05) is 13.7 Å². The first-order chi connectivity index (χ1) is 11.9. The third-order valence-corrected chi connectivity index (χ3v) is 3.81. The number of nitrogens with one attached hydrogen (secondary N) is 1. The Hall–Kier alpha value is -2.22. The molecular weight excluding hydrogens is 403 g/mol. The number of halogens is 4. The third kappa shape index (κ3) is 5.38. The van der Waals surface area contributed by atoms with Crippen LogP contribution in [0.3, 0.4) is 0 Å². The van der Waals surface area contributed by atoms with Crippen molar-refractivity contribution in [2.24, 2.45) is 0 Å². The number of alkyl halides is 2. The Bertz CT molecular complexity index is 756. The number of benzene rings is 2. The van der Waals surface area contributed by atoms with E-state index in [1.165, 1.54) is 31.4 Å². The lowest BCUT2D eigenvalue weighted by Gasteiger charge is -2.12. The molecule has 8 heteroatoms. The molecule has 0 saturated carbocycles. The van der Waals surface area contributed by atoms with E-state index < -0.39 is 18.3 Å². The smallest absolute Gasteiger partial charge is 0.387 e. The molecule has 0 spiro atoms. The van der Waals surface area contributed by atoms with Crippen LogP contribution in [-0.4, -0.2) is 26.2 Å². The van der Waals surface area contributed by atoms with E-state index in [0.717, 1.165) is 0 Å². The number of carbonyl (C=O) groups is 1. The average molecular weight is 418 g/mol. The maximum atomic E-state index is 13.7. The summed E-state index contributed by atoms with van der Waals surface area (Å²) in [6.45, 7) is -2.77. The number of carbonyl (C=O) groups excluding carboxylic acids is 1. The average Bonchev–Trinajstić information content (AvgIpc) is 2.54. The van der Waals surface area contributed by atoms with Crippen molar-refractivity contribution in [1.82, 2.24) is 5.32 Å². The first kappa shape index (κ1) is 19.1. The highest BCUT2D eigenvalue weighted by Crippen LogP contribution is 2.29. The predicted molar refractivity (Wildman–Crippen MR) is 89.8 cm³/mol. The van der Waals surface area contributed by atoms with E-state index in [0.29, 0.717) is 16.5 Å². The quantitative estimate of drug-likeness (QED) is 0.735. The van der Waals surface area contributed by atoms with Crippen molar-refractivity contribution in [1.29, 1.82) is 0 Å². The van der Waals surface area contributed by atoms with Gasteiger partial charge in [-0.05, 0) is 42.3 Å². The van der Waals surface area contributed by atoms with Gasteiger partial charge in [-0.1, -0.05) is 22.0 Å². The van der Waals surface area contributed by atoms with E-state index in [9.17, 15) is 18.0 Å². The van der Waals surface area contributed by atoms with Gasteiger partial charge < -0.3 is 14.8 Å². The van der Waals surface area contributed by atoms with Crippen LogP contribution in [0.15, 0.2) is 40.9 Å². The highest BCUT2D eigenvalue weighted by Gasteiger charge is 2.13. The van der Waals surface area contributed by atoms with Crippen molar-refractivity contribution in [3.8, 4) is 11.5 Å². The molecule has 0 bridgehead atoms. The first-order valence-electron chi connectivity index (χ1n) is 7.25. The number of methoxy groups -OCH3 is 1. The molecule has 2 aromatic rings. The highest BCUT2D eigenvalue weighted by molar-refractivity contribution is 9.10. The number of hydrogen-bond donors (Lipinski definition) is 1. The van der Waals surface area contributed by atoms with Gasteiger partial charge in [0.05, 0.1) is 12.7 Å². The van der Waals surface area contributed by atoms with E-state index >= 15 is 0 Å². The zero-order valence-corrected chi connectivity index (χ0v) is 14.8. The summed E-state index contributed by atoms with van der Waals surface area (Å²) in [5.74, 6) is -1.09. The number of amides is 1. The van der Waals surface area contributed by atoms with Gasteiger partial charge >= 0.3 is 6.61 Å². The van der Waals surface area contributed by atoms with Gasteiger partial charge in [-0.3, -0.25) is 4.79 Å². The van der Waals surface area contributed by atoms with Gasteiger partial charge in [-0.2, -0.15) is 8.78 Å². The van der Waals surface area contributed by atoms with Crippen LogP contribution in [0.25, 0.3) is 0 Å². The Balaban J connectivity index is 1.98. The van der Waals surface area contributed by atoms with Gasteiger partial charge in [-0.15, -0.1) is 0 Å². The van der Waals surface area contributed by atoms with E-state index in [-0.39, 0.29) is 23.6 Å². The fourth-order valence-corrected chi connectivity index (χ4v) is 2.49. The second-order valence-corrected chi connectivity index (χ2v) is 5.91. The molecule has 0 heterocycles. The van der Waals surface area contributed by atoms with Crippen molar-refractivity contribution in [3.05, 3.63) is 57.8 Å². The summed E-state index contributed by atoms with van der Waals surface area (Å²) in [7, 11) is 1.35. The summed E-state index contributed by atoms with van der Waals surface area (Å²) < 4.78 is 48.4. The maximum absolute atomic E-state index is 13.7. The molecule has 134 valence electrons. The number of rotatable bonds is 7. The van der Waals surface area contributed by atoms with Crippen LogP contribution in [0, 0.1) is 5.82 Å². The lowest BCUT2D eigenvalue weighted by molar-refractivity contribution is -0.0512. The van der Waals surface area contributed by atoms with Crippen LogP contribution in [0.1, 0.15) is 15.9 Å². The summed E-state index contributed by atoms with van der Waals surface area (Å²) in [6, 6.07) is 8.72. The van der Waals surface area contributed by atoms with Gasteiger partial charge in [-0.25, -0.2) is 4.39 Å². The topological polar surface area (TPSA) is 47.6 Å². The normalized spacial score (nSPS) is 10.6. The van der Waals surface area contributed by atoms with E-state index in [2.05, 4.69) is 26.0 Å². The van der Waals surface area contributed by atoms with Crippen molar-refractivity contribution in [2.45, 2.75) is 13.0 Å². The molecule has 0 aliphatic rings. The molecule has 4 nitrogen and oxygen atoms in total. The maximum Gasteiger partial charge on any atom is 0.387 e. The Morgan fingerprint density at radius 1 is 1.20 bits per heavy atom. The number of hydrogen-bond acceptors (Lipinski definition) is 3. The zero-order chi connectivity index (χ0) is 18.4. The zero-order valence-electron chi connectivity index (χ0n) is 13.2. The molecule has 0 atom stereocenters. The molecular formula is C17H15BrF3NO3. The summed E-state index contributed by atoms with van der Waals surface area (Å²) in [5.41, 5.74) is 0.590. The van der Waals surface area contributed by atoms with Gasteiger partial charge in [0, 0.05) is 11.0 Å². The number of ether oxygens (including phenoxy) is 2. The fourth-order valence-electron chi connectivity index (χ4n) is 2.15. The van der Waals surface area contributed by atoms with Crippen molar-refractivity contribution >= 4 is 21.8 Å². The van der Waals surface area contributed by atoms with Gasteiger partial charge in [0.2, 0.25) is 0 Å². The Morgan fingerprint density at radius 2 is 1.96 bits per heavy atom. The van der Waals surface area contributed by atoms with Crippen molar-refractivity contribution < 1.29 is 27.4 Å². The van der Waals surface area contributed by atoms with Crippen LogP contribution in [0.5, 0.6) is 11.5 Å². The Labute approximate surface area is 151 Å². The van der Waals surface area contributed by atoms with Crippen LogP contribution in [0.2, 0.25) is 0 Å². The second-order valence-electron chi connectivity index (χ2n) is 4.99. The molecule has 1 amide bonds. The largest absolute Gasteiger partial charge is 0.493 e. The lowest BCUT2D eigenvalue weighted by Crippen LogP contribution is -2.26. The molecule has 0 aliphatic carbocycles. The lowest BCUT2D eigenvalue weighted by atomic mass is 10.1. The first-order valence-corrected chi connectivity index (χ1v) is 8.05. The monoisotopic (exact) mass is 417 g/mol. The van der Waals surface area contributed by atoms with E-state index in [4.69, 9.17) is 4.74 Å². The van der Waals surface area contributed by atoms with Crippen LogP contribution < -0.4 is 14.8 Å². The highest BCUT2D eigenvalue weighted by atomic mass is 79.9. The van der Waals surface area contributed by atoms with Crippen LogP contribution >= 0.6 is 15.9 Å². The molecule has 2 rings (SSSR count). The van der Waals surface area contributed by atoms with Crippen LogP contribution in [-0.2, 0) is 6.42 Å². The van der Waals surface area contributed by atoms with Gasteiger partial charge in [0.15, 0.2) is 11.5 Å². The molecule has 1 N–H and O–H groups in total. The summed E-state index contributed by atoms with van der Waals surface area (Å²) in [6.07, 6.45) is 0.355. The molecule has 0 unspecified atom stereocenters.